The first kappa shape index (κ1) is 11.7. The highest BCUT2D eigenvalue weighted by molar-refractivity contribution is 6.29. The normalized spacial score (nSPS) is 11.1. The molecular weight excluding hydrogens is 212 g/mol. The van der Waals surface area contributed by atoms with Crippen LogP contribution in [0.25, 0.3) is 0 Å². The van der Waals surface area contributed by atoms with Gasteiger partial charge in [0, 0.05) is 11.8 Å². The van der Waals surface area contributed by atoms with Crippen LogP contribution in [-0.4, -0.2) is 15.7 Å². The standard InChI is InChI=1S/C10H13ClN4/c1-4-9(14-7(2)3)15-10-5-8(11)12-6-13-10/h4-6H,1-3H3,(H,12,13,15)/b9-4+. The van der Waals surface area contributed by atoms with E-state index in [1.165, 1.54) is 6.33 Å². The fraction of sp³-hybridized carbons (Fsp3) is 0.300. The number of nitrogens with zero attached hydrogens (tertiary/aromatic N) is 3. The van der Waals surface area contributed by atoms with Gasteiger partial charge in [-0.05, 0) is 26.8 Å². The van der Waals surface area contributed by atoms with E-state index in [4.69, 9.17) is 11.6 Å². The van der Waals surface area contributed by atoms with Crippen molar-refractivity contribution in [3.8, 4) is 0 Å². The van der Waals surface area contributed by atoms with E-state index in [2.05, 4.69) is 20.3 Å². The van der Waals surface area contributed by atoms with Gasteiger partial charge in [0.25, 0.3) is 0 Å². The van der Waals surface area contributed by atoms with Gasteiger partial charge in [-0.25, -0.2) is 15.0 Å². The van der Waals surface area contributed by atoms with Crippen molar-refractivity contribution in [1.29, 1.82) is 0 Å². The molecule has 1 heterocycles. The summed E-state index contributed by atoms with van der Waals surface area (Å²) in [4.78, 5) is 12.1. The highest BCUT2D eigenvalue weighted by Crippen LogP contribution is 2.11. The topological polar surface area (TPSA) is 50.2 Å². The molecule has 0 atom stereocenters. The minimum Gasteiger partial charge on any atom is -0.325 e. The Labute approximate surface area is 94.1 Å². The maximum Gasteiger partial charge on any atom is 0.136 e. The summed E-state index contributed by atoms with van der Waals surface area (Å²) in [6.45, 7) is 5.76. The molecule has 80 valence electrons. The van der Waals surface area contributed by atoms with Gasteiger partial charge in [0.15, 0.2) is 0 Å². The van der Waals surface area contributed by atoms with Crippen molar-refractivity contribution in [2.75, 3.05) is 5.32 Å². The number of nitrogens with one attached hydrogen (secondary N) is 1. The molecule has 0 bridgehead atoms. The molecule has 1 aromatic rings. The number of rotatable bonds is 3. The number of allylic oxidation sites excluding steroid dienone is 1. The van der Waals surface area contributed by atoms with Crippen LogP contribution in [0, 0.1) is 0 Å². The minimum absolute atomic E-state index is 0.403. The van der Waals surface area contributed by atoms with Gasteiger partial charge in [0.1, 0.15) is 23.1 Å². The van der Waals surface area contributed by atoms with E-state index >= 15 is 0 Å². The molecule has 0 amide bonds. The summed E-state index contributed by atoms with van der Waals surface area (Å²) in [5.74, 6) is 1.37. The molecule has 0 saturated heterocycles. The molecular formula is C10H13ClN4. The first-order valence-electron chi connectivity index (χ1n) is 4.54. The Kier molecular flexibility index (Phi) is 4.24. The molecule has 0 aliphatic rings. The molecule has 0 fully saturated rings. The van der Waals surface area contributed by atoms with Crippen LogP contribution in [0.5, 0.6) is 0 Å². The predicted octanol–water partition coefficient (Wildman–Crippen LogP) is 2.88. The highest BCUT2D eigenvalue weighted by Gasteiger charge is 1.98. The third-order valence-corrected chi connectivity index (χ3v) is 1.71. The van der Waals surface area contributed by atoms with E-state index < -0.39 is 0 Å². The van der Waals surface area contributed by atoms with E-state index in [1.54, 1.807) is 6.07 Å². The van der Waals surface area contributed by atoms with Crippen molar-refractivity contribution >= 4 is 23.1 Å². The zero-order chi connectivity index (χ0) is 11.3. The number of aromatic nitrogens is 2. The molecule has 5 heteroatoms. The molecule has 0 aromatic carbocycles. The Morgan fingerprint density at radius 1 is 1.47 bits per heavy atom. The lowest BCUT2D eigenvalue weighted by molar-refractivity contribution is 1.14. The van der Waals surface area contributed by atoms with Crippen molar-refractivity contribution in [3.63, 3.8) is 0 Å². The van der Waals surface area contributed by atoms with Crippen LogP contribution in [0.4, 0.5) is 5.82 Å². The lowest BCUT2D eigenvalue weighted by Gasteiger charge is -2.05. The molecule has 1 rings (SSSR count). The Balaban J connectivity index is 2.81. The fourth-order valence-corrected chi connectivity index (χ4v) is 1.09. The summed E-state index contributed by atoms with van der Waals surface area (Å²) in [6.07, 6.45) is 3.27. The molecule has 0 radical (unpaired) electrons. The monoisotopic (exact) mass is 224 g/mol. The second-order valence-corrected chi connectivity index (χ2v) is 3.47. The van der Waals surface area contributed by atoms with Crippen molar-refractivity contribution in [2.45, 2.75) is 20.8 Å². The van der Waals surface area contributed by atoms with E-state index in [1.807, 2.05) is 26.8 Å². The number of aliphatic imine (C=N–C) groups is 1. The average molecular weight is 225 g/mol. The molecule has 15 heavy (non-hydrogen) atoms. The molecule has 0 spiro atoms. The summed E-state index contributed by atoms with van der Waals surface area (Å²) in [6, 6.07) is 1.64. The van der Waals surface area contributed by atoms with Crippen LogP contribution in [0.15, 0.2) is 29.3 Å². The van der Waals surface area contributed by atoms with Crippen LogP contribution in [-0.2, 0) is 0 Å². The third-order valence-electron chi connectivity index (χ3n) is 1.51. The summed E-state index contributed by atoms with van der Waals surface area (Å²) < 4.78 is 0. The van der Waals surface area contributed by atoms with Gasteiger partial charge < -0.3 is 5.32 Å². The van der Waals surface area contributed by atoms with Gasteiger partial charge in [0.2, 0.25) is 0 Å². The Hall–Kier alpha value is -1.42. The van der Waals surface area contributed by atoms with Gasteiger partial charge in [-0.15, -0.1) is 0 Å². The molecule has 1 N–H and O–H groups in total. The van der Waals surface area contributed by atoms with Crippen molar-refractivity contribution in [2.24, 2.45) is 4.99 Å². The summed E-state index contributed by atoms with van der Waals surface area (Å²) in [7, 11) is 0. The van der Waals surface area contributed by atoms with Gasteiger partial charge in [0.05, 0.1) is 0 Å². The fourth-order valence-electron chi connectivity index (χ4n) is 0.939. The maximum absolute atomic E-state index is 5.73. The summed E-state index contributed by atoms with van der Waals surface area (Å²) in [5.41, 5.74) is 0.968. The third kappa shape index (κ3) is 4.08. The Morgan fingerprint density at radius 3 is 2.73 bits per heavy atom. The lowest BCUT2D eigenvalue weighted by Crippen LogP contribution is -2.01. The zero-order valence-corrected chi connectivity index (χ0v) is 9.71. The first-order chi connectivity index (χ1) is 7.11. The van der Waals surface area contributed by atoms with Gasteiger partial charge in [-0.2, -0.15) is 0 Å². The van der Waals surface area contributed by atoms with Crippen LogP contribution in [0.3, 0.4) is 0 Å². The SMILES string of the molecule is C/C=C(\N=C(C)C)Nc1cc(Cl)ncn1. The molecule has 1 aromatic heterocycles. The smallest absolute Gasteiger partial charge is 0.136 e. The Bertz CT molecular complexity index is 394. The molecule has 0 aliphatic carbocycles. The van der Waals surface area contributed by atoms with E-state index in [0.717, 1.165) is 11.5 Å². The Morgan fingerprint density at radius 2 is 2.20 bits per heavy atom. The second kappa shape index (κ2) is 5.46. The largest absolute Gasteiger partial charge is 0.325 e. The van der Waals surface area contributed by atoms with Crippen molar-refractivity contribution in [3.05, 3.63) is 29.4 Å². The maximum atomic E-state index is 5.73. The quantitative estimate of drug-likeness (QED) is 0.635. The first-order valence-corrected chi connectivity index (χ1v) is 4.92. The zero-order valence-electron chi connectivity index (χ0n) is 8.95. The van der Waals surface area contributed by atoms with Gasteiger partial charge in [-0.1, -0.05) is 11.6 Å². The number of hydrogen-bond acceptors (Lipinski definition) is 4. The average Bonchev–Trinajstić information content (AvgIpc) is 2.16. The van der Waals surface area contributed by atoms with E-state index in [0.29, 0.717) is 11.0 Å². The van der Waals surface area contributed by atoms with Crippen LogP contribution in [0.2, 0.25) is 5.15 Å². The van der Waals surface area contributed by atoms with Crippen molar-refractivity contribution in [1.82, 2.24) is 9.97 Å². The number of anilines is 1. The van der Waals surface area contributed by atoms with Gasteiger partial charge >= 0.3 is 0 Å². The molecule has 4 nitrogen and oxygen atoms in total. The predicted molar refractivity (Wildman–Crippen MR) is 63.2 cm³/mol. The molecule has 0 aliphatic heterocycles. The number of hydrogen-bond donors (Lipinski definition) is 1. The van der Waals surface area contributed by atoms with Crippen molar-refractivity contribution < 1.29 is 0 Å². The second-order valence-electron chi connectivity index (χ2n) is 3.08. The van der Waals surface area contributed by atoms with Crippen LogP contribution >= 0.6 is 11.6 Å². The lowest BCUT2D eigenvalue weighted by atomic mass is 10.4. The van der Waals surface area contributed by atoms with E-state index in [-0.39, 0.29) is 0 Å². The summed E-state index contributed by atoms with van der Waals surface area (Å²) in [5, 5.41) is 3.44. The number of halogens is 1. The van der Waals surface area contributed by atoms with Crippen LogP contribution < -0.4 is 5.32 Å². The van der Waals surface area contributed by atoms with E-state index in [9.17, 15) is 0 Å². The minimum atomic E-state index is 0.403. The molecule has 0 unspecified atom stereocenters. The van der Waals surface area contributed by atoms with Gasteiger partial charge in [-0.3, -0.25) is 0 Å². The van der Waals surface area contributed by atoms with Crippen LogP contribution in [0.1, 0.15) is 20.8 Å². The molecule has 0 saturated carbocycles. The summed E-state index contributed by atoms with van der Waals surface area (Å²) >= 11 is 5.73. The highest BCUT2D eigenvalue weighted by atomic mass is 35.5.